The van der Waals surface area contributed by atoms with E-state index in [2.05, 4.69) is 45.1 Å². The first-order valence-electron chi connectivity index (χ1n) is 19.9. The number of ketones is 2. The highest BCUT2D eigenvalue weighted by Gasteiger charge is 2.75. The highest BCUT2D eigenvalue weighted by Crippen LogP contribution is 2.69. The first-order valence-corrected chi connectivity index (χ1v) is 19.9. The minimum absolute atomic E-state index is 0.0125. The highest BCUT2D eigenvalue weighted by molar-refractivity contribution is 6.01. The lowest BCUT2D eigenvalue weighted by atomic mass is 9.46. The van der Waals surface area contributed by atoms with Crippen molar-refractivity contribution in [2.45, 2.75) is 115 Å². The van der Waals surface area contributed by atoms with Gasteiger partial charge < -0.3 is 41.0 Å². The number of amides is 1. The predicted octanol–water partition coefficient (Wildman–Crippen LogP) is 4.85. The molecule has 1 heterocycles. The fourth-order valence-electron chi connectivity index (χ4n) is 10.6. The molecule has 4 fully saturated rings. The molecular weight excluding hydrogens is 700 g/mol. The zero-order valence-electron chi connectivity index (χ0n) is 32.4. The molecule has 0 bridgehead atoms. The van der Waals surface area contributed by atoms with Crippen molar-refractivity contribution in [3.05, 3.63) is 89.0 Å². The molecule has 55 heavy (non-hydrogen) atoms. The van der Waals surface area contributed by atoms with E-state index in [4.69, 9.17) is 15.2 Å². The largest absolute Gasteiger partial charge is 0.507 e. The Balaban J connectivity index is 0.000000194. The molecule has 0 radical (unpaired) electrons. The van der Waals surface area contributed by atoms with Gasteiger partial charge in [-0.2, -0.15) is 0 Å². The van der Waals surface area contributed by atoms with Gasteiger partial charge in [-0.05, 0) is 99.1 Å². The van der Waals surface area contributed by atoms with Crippen molar-refractivity contribution >= 4 is 17.5 Å². The van der Waals surface area contributed by atoms with Crippen molar-refractivity contribution in [1.82, 2.24) is 5.32 Å². The van der Waals surface area contributed by atoms with Gasteiger partial charge in [0.2, 0.25) is 0 Å². The number of nitrogens with two attached hydrogens (primary N) is 1. The Labute approximate surface area is 324 Å². The molecule has 7 N–H and O–H groups in total. The molecule has 7 rings (SSSR count). The topological polar surface area (TPSA) is 189 Å². The molecule has 11 nitrogen and oxygen atoms in total. The van der Waals surface area contributed by atoms with Crippen LogP contribution in [0.5, 0.6) is 5.75 Å². The number of rotatable bonds is 12. The second kappa shape index (κ2) is 16.4. The SMILES string of the molecule is CC(CCc1ccccc1)NCC(O)c1ccc(O)c(C(N)=O)c1.CCC[C@@H]1O[C@@H]2C[C@H]3[C@@H]4CCC5=CC(=O)C=C[C@]5(C)[C@H]4[C@@H](O)C[C@]3(C)[C@]2(C(=O)CO)O1. The number of Topliss-reactive ketones (excluding diaryl/α,β-unsaturated/α-hetero) is 1. The lowest BCUT2D eigenvalue weighted by Crippen LogP contribution is -2.63. The minimum Gasteiger partial charge on any atom is -0.507 e. The molecule has 1 amide bonds. The number of hydrogen-bond acceptors (Lipinski definition) is 10. The molecule has 11 heteroatoms. The number of phenols is 1. The Morgan fingerprint density at radius 3 is 2.56 bits per heavy atom. The van der Waals surface area contributed by atoms with E-state index in [1.54, 1.807) is 18.2 Å². The van der Waals surface area contributed by atoms with E-state index in [0.29, 0.717) is 31.4 Å². The Bertz CT molecular complexity index is 1800. The maximum Gasteiger partial charge on any atom is 0.252 e. The van der Waals surface area contributed by atoms with E-state index < -0.39 is 48.1 Å². The van der Waals surface area contributed by atoms with Crippen LogP contribution in [0.3, 0.4) is 0 Å². The van der Waals surface area contributed by atoms with Crippen molar-refractivity contribution in [2.75, 3.05) is 13.2 Å². The van der Waals surface area contributed by atoms with Crippen LogP contribution in [0.4, 0.5) is 0 Å². The number of aliphatic hydroxyl groups excluding tert-OH is 3. The van der Waals surface area contributed by atoms with Crippen LogP contribution in [0.25, 0.3) is 0 Å². The molecule has 0 spiro atoms. The average Bonchev–Trinajstić information content (AvgIpc) is 3.65. The van der Waals surface area contributed by atoms with E-state index in [9.17, 15) is 34.8 Å². The smallest absolute Gasteiger partial charge is 0.252 e. The summed E-state index contributed by atoms with van der Waals surface area (Å²) in [4.78, 5) is 36.5. The van der Waals surface area contributed by atoms with Gasteiger partial charge in [0.25, 0.3) is 5.91 Å². The standard InChI is InChI=1S/C25H34O6.C19H24N2O3/c1-4-5-21-30-20-11-17-16-7-6-14-10-15(27)8-9-23(14,2)22(16)18(28)12-24(17,3)25(20,31-21)19(29)13-26;1-13(7-8-14-5-3-2-4-6-14)21-12-18(23)15-9-10-17(22)16(11-15)19(20)24/h8-10,16-18,20-22,26,28H,4-7,11-13H2,1-3H3;2-6,9-11,13,18,21-23H,7-8,12H2,1H3,(H2,20,24)/t16-,17-,18-,20+,21+,22+,23-,24-,25+;/m0./s1. The number of hydrogen-bond donors (Lipinski definition) is 6. The number of aryl methyl sites for hydroxylation is 1. The third-order valence-corrected chi connectivity index (χ3v) is 13.4. The fourth-order valence-corrected chi connectivity index (χ4v) is 10.6. The number of benzene rings is 2. The zero-order valence-corrected chi connectivity index (χ0v) is 32.4. The van der Waals surface area contributed by atoms with Crippen LogP contribution in [0, 0.1) is 28.6 Å². The number of aliphatic hydroxyl groups is 3. The lowest BCUT2D eigenvalue weighted by Gasteiger charge is -2.59. The van der Waals surface area contributed by atoms with Crippen LogP contribution < -0.4 is 11.1 Å². The van der Waals surface area contributed by atoms with Crippen molar-refractivity contribution in [3.63, 3.8) is 0 Å². The highest BCUT2D eigenvalue weighted by atomic mass is 16.7. The summed E-state index contributed by atoms with van der Waals surface area (Å²) < 4.78 is 12.7. The summed E-state index contributed by atoms with van der Waals surface area (Å²) in [7, 11) is 0. The summed E-state index contributed by atoms with van der Waals surface area (Å²) in [5, 5.41) is 44.5. The van der Waals surface area contributed by atoms with Gasteiger partial charge in [0, 0.05) is 29.3 Å². The minimum atomic E-state index is -1.20. The van der Waals surface area contributed by atoms with Crippen LogP contribution >= 0.6 is 0 Å². The van der Waals surface area contributed by atoms with Crippen LogP contribution in [-0.2, 0) is 25.5 Å². The Morgan fingerprint density at radius 2 is 1.87 bits per heavy atom. The van der Waals surface area contributed by atoms with Gasteiger partial charge in [-0.3, -0.25) is 14.4 Å². The number of ether oxygens (including phenoxy) is 2. The summed E-state index contributed by atoms with van der Waals surface area (Å²) in [6.45, 7) is 8.10. The lowest BCUT2D eigenvalue weighted by molar-refractivity contribution is -0.200. The van der Waals surface area contributed by atoms with Gasteiger partial charge in [0.15, 0.2) is 23.5 Å². The fraction of sp³-hybridized carbons (Fsp3) is 0.568. The number of aromatic hydroxyl groups is 1. The third kappa shape index (κ3) is 7.59. The Hall–Kier alpha value is -3.71. The summed E-state index contributed by atoms with van der Waals surface area (Å²) in [5.74, 6) is -0.868. The van der Waals surface area contributed by atoms with Gasteiger partial charge in [0.1, 0.15) is 12.4 Å². The van der Waals surface area contributed by atoms with Crippen LogP contribution in [-0.4, -0.2) is 81.2 Å². The Kier molecular flexibility index (Phi) is 12.2. The molecule has 11 atom stereocenters. The normalized spacial score (nSPS) is 34.2. The van der Waals surface area contributed by atoms with E-state index >= 15 is 0 Å². The van der Waals surface area contributed by atoms with Crippen LogP contribution in [0.1, 0.15) is 100 Å². The third-order valence-electron chi connectivity index (χ3n) is 13.4. The number of fused-ring (bicyclic) bond motifs is 7. The maximum atomic E-state index is 13.2. The maximum absolute atomic E-state index is 13.2. The molecule has 0 aromatic heterocycles. The van der Waals surface area contributed by atoms with Crippen molar-refractivity contribution in [2.24, 2.45) is 34.3 Å². The summed E-state index contributed by atoms with van der Waals surface area (Å²) in [5.41, 5.74) is 6.01. The van der Waals surface area contributed by atoms with Crippen molar-refractivity contribution in [3.8, 4) is 5.75 Å². The second-order valence-electron chi connectivity index (χ2n) is 16.7. The van der Waals surface area contributed by atoms with Crippen LogP contribution in [0.15, 0.2) is 72.3 Å². The Morgan fingerprint density at radius 1 is 1.13 bits per heavy atom. The average molecular weight is 759 g/mol. The molecule has 3 saturated carbocycles. The number of carbonyl (C=O) groups is 3. The van der Waals surface area contributed by atoms with Gasteiger partial charge >= 0.3 is 0 Å². The molecule has 2 aromatic carbocycles. The van der Waals surface area contributed by atoms with Crippen LogP contribution in [0.2, 0.25) is 0 Å². The molecule has 1 aliphatic heterocycles. The quantitative estimate of drug-likeness (QED) is 0.175. The molecule has 4 aliphatic carbocycles. The first-order chi connectivity index (χ1) is 26.2. The number of primary amides is 1. The van der Waals surface area contributed by atoms with Gasteiger partial charge in [-0.25, -0.2) is 0 Å². The number of carbonyl (C=O) groups excluding carboxylic acids is 3. The van der Waals surface area contributed by atoms with E-state index in [1.807, 2.05) is 24.3 Å². The second-order valence-corrected chi connectivity index (χ2v) is 16.7. The molecule has 2 unspecified atom stereocenters. The summed E-state index contributed by atoms with van der Waals surface area (Å²) in [6, 6.07) is 14.9. The van der Waals surface area contributed by atoms with E-state index in [0.717, 1.165) is 37.7 Å². The summed E-state index contributed by atoms with van der Waals surface area (Å²) in [6.07, 6.45) is 9.46. The molecular formula is C44H58N2O9. The first kappa shape index (κ1) is 40.9. The number of allylic oxidation sites excluding steroid dienone is 4. The van der Waals surface area contributed by atoms with Crippen molar-refractivity contribution in [1.29, 1.82) is 0 Å². The van der Waals surface area contributed by atoms with Gasteiger partial charge in [0.05, 0.1) is 23.9 Å². The summed E-state index contributed by atoms with van der Waals surface area (Å²) >= 11 is 0. The van der Waals surface area contributed by atoms with E-state index in [1.165, 1.54) is 17.7 Å². The van der Waals surface area contributed by atoms with Crippen molar-refractivity contribution < 1.29 is 44.3 Å². The monoisotopic (exact) mass is 758 g/mol. The molecule has 5 aliphatic rings. The van der Waals surface area contributed by atoms with E-state index in [-0.39, 0.29) is 52.1 Å². The zero-order chi connectivity index (χ0) is 39.7. The van der Waals surface area contributed by atoms with Gasteiger partial charge in [-0.15, -0.1) is 0 Å². The predicted molar refractivity (Wildman–Crippen MR) is 207 cm³/mol. The molecule has 298 valence electrons. The molecule has 1 saturated heterocycles. The molecule has 2 aromatic rings. The van der Waals surface area contributed by atoms with Gasteiger partial charge in [-0.1, -0.05) is 75.2 Å². The number of nitrogens with one attached hydrogen (secondary N) is 1.